The van der Waals surface area contributed by atoms with Gasteiger partial charge in [-0.3, -0.25) is 0 Å². The van der Waals surface area contributed by atoms with Gasteiger partial charge in [-0.15, -0.1) is 5.10 Å². The molecular weight excluding hydrogens is 446 g/mol. The highest BCUT2D eigenvalue weighted by atomic mass is 15.4. The lowest BCUT2D eigenvalue weighted by Gasteiger charge is -2.06. The highest BCUT2D eigenvalue weighted by Crippen LogP contribution is 2.19. The van der Waals surface area contributed by atoms with Crippen molar-refractivity contribution >= 4 is 11.4 Å². The Kier molecular flexibility index (Phi) is 11.2. The van der Waals surface area contributed by atoms with E-state index in [1.165, 1.54) is 16.7 Å². The molecule has 0 amide bonds. The number of hydrogen-bond donors (Lipinski definition) is 1. The first kappa shape index (κ1) is 28.1. The molecule has 0 saturated carbocycles. The monoisotopic (exact) mass is 483 g/mol. The highest BCUT2D eigenvalue weighted by Gasteiger charge is 2.00. The van der Waals surface area contributed by atoms with E-state index in [1.807, 2.05) is 42.6 Å². The zero-order chi connectivity index (χ0) is 26.5. The Labute approximate surface area is 214 Å². The lowest BCUT2D eigenvalue weighted by Crippen LogP contribution is -1.95. The van der Waals surface area contributed by atoms with Crippen LogP contribution in [0.25, 0.3) is 16.1 Å². The molecule has 0 aliphatic heterocycles. The number of rotatable bonds is 5. The van der Waals surface area contributed by atoms with Crippen LogP contribution in [0.3, 0.4) is 0 Å². The zero-order valence-electron chi connectivity index (χ0n) is 22.1. The molecule has 4 rings (SSSR count). The van der Waals surface area contributed by atoms with Crippen molar-refractivity contribution in [2.75, 3.05) is 5.73 Å². The number of aromatic nitrogens is 3. The Morgan fingerprint density at radius 3 is 1.56 bits per heavy atom. The van der Waals surface area contributed by atoms with Crippen LogP contribution in [0.4, 0.5) is 11.4 Å². The van der Waals surface area contributed by atoms with Gasteiger partial charge in [0.1, 0.15) is 0 Å². The molecule has 2 N–H and O–H groups in total. The van der Waals surface area contributed by atoms with Crippen molar-refractivity contribution in [2.24, 2.45) is 5.11 Å². The Morgan fingerprint density at radius 2 is 1.17 bits per heavy atom. The minimum absolute atomic E-state index is 0.519. The van der Waals surface area contributed by atoms with Crippen molar-refractivity contribution in [1.82, 2.24) is 15.0 Å². The minimum Gasteiger partial charge on any atom is -0.399 e. The SMILES string of the molecule is CC(C)c1ccc(-n2ccnn2)cc1.CC(C)c1ccc(N)cc1.CC(C)c1ccc(N=[N+]=[N-])cc1. The fourth-order valence-electron chi connectivity index (χ4n) is 3.22. The van der Waals surface area contributed by atoms with Gasteiger partial charge in [-0.1, -0.05) is 100 Å². The van der Waals surface area contributed by atoms with Gasteiger partial charge in [-0.25, -0.2) is 4.68 Å². The normalized spacial score (nSPS) is 10.2. The van der Waals surface area contributed by atoms with Crippen LogP contribution in [-0.4, -0.2) is 15.0 Å². The Balaban J connectivity index is 0.000000193. The molecule has 188 valence electrons. The third kappa shape index (κ3) is 9.28. The van der Waals surface area contributed by atoms with E-state index >= 15 is 0 Å². The summed E-state index contributed by atoms with van der Waals surface area (Å²) in [6, 6.07) is 24.0. The molecule has 0 atom stereocenters. The maximum absolute atomic E-state index is 8.16. The number of nitrogen functional groups attached to an aromatic ring is 1. The van der Waals surface area contributed by atoms with Gasteiger partial charge in [0.25, 0.3) is 0 Å². The predicted octanol–water partition coefficient (Wildman–Crippen LogP) is 8.53. The molecule has 0 bridgehead atoms. The summed E-state index contributed by atoms with van der Waals surface area (Å²) in [6.45, 7) is 13.0. The van der Waals surface area contributed by atoms with Crippen molar-refractivity contribution in [3.8, 4) is 5.69 Å². The number of anilines is 1. The topological polar surface area (TPSA) is 105 Å². The van der Waals surface area contributed by atoms with Crippen LogP contribution in [0.15, 0.2) is 90.3 Å². The van der Waals surface area contributed by atoms with Crippen molar-refractivity contribution in [3.63, 3.8) is 0 Å². The average molecular weight is 484 g/mol. The van der Waals surface area contributed by atoms with E-state index in [9.17, 15) is 0 Å². The number of benzene rings is 3. The predicted molar refractivity (Wildman–Crippen MR) is 150 cm³/mol. The second-order valence-electron chi connectivity index (χ2n) is 9.35. The molecule has 1 aromatic heterocycles. The van der Waals surface area contributed by atoms with Gasteiger partial charge in [0, 0.05) is 16.3 Å². The second kappa shape index (κ2) is 14.3. The Bertz CT molecular complexity index is 1190. The van der Waals surface area contributed by atoms with Gasteiger partial charge >= 0.3 is 0 Å². The van der Waals surface area contributed by atoms with Crippen molar-refractivity contribution in [2.45, 2.75) is 59.3 Å². The quantitative estimate of drug-likeness (QED) is 0.133. The Hall–Kier alpha value is -4.09. The molecular formula is C29H37N7. The molecule has 7 heteroatoms. The van der Waals surface area contributed by atoms with Crippen molar-refractivity contribution < 1.29 is 0 Å². The Morgan fingerprint density at radius 1 is 0.722 bits per heavy atom. The molecule has 1 heterocycles. The fraction of sp³-hybridized carbons (Fsp3) is 0.310. The summed E-state index contributed by atoms with van der Waals surface area (Å²) in [5.41, 5.74) is 20.2. The summed E-state index contributed by atoms with van der Waals surface area (Å²) in [7, 11) is 0. The van der Waals surface area contributed by atoms with Crippen molar-refractivity contribution in [3.05, 3.63) is 112 Å². The molecule has 0 spiro atoms. The largest absolute Gasteiger partial charge is 0.399 e. The lowest BCUT2D eigenvalue weighted by atomic mass is 10.0. The van der Waals surface area contributed by atoms with Gasteiger partial charge < -0.3 is 5.73 Å². The summed E-state index contributed by atoms with van der Waals surface area (Å²) in [5.74, 6) is 1.69. The summed E-state index contributed by atoms with van der Waals surface area (Å²) >= 11 is 0. The number of azide groups is 1. The van der Waals surface area contributed by atoms with Crippen LogP contribution in [0.2, 0.25) is 0 Å². The van der Waals surface area contributed by atoms with E-state index in [1.54, 1.807) is 10.9 Å². The van der Waals surface area contributed by atoms with E-state index in [4.69, 9.17) is 11.3 Å². The van der Waals surface area contributed by atoms with Gasteiger partial charge in [0.2, 0.25) is 0 Å². The van der Waals surface area contributed by atoms with E-state index in [-0.39, 0.29) is 0 Å². The maximum Gasteiger partial charge on any atom is 0.0697 e. The molecule has 4 aromatic rings. The third-order valence-electron chi connectivity index (χ3n) is 5.57. The first-order valence-electron chi connectivity index (χ1n) is 12.2. The van der Waals surface area contributed by atoms with Gasteiger partial charge in [-0.2, -0.15) is 0 Å². The highest BCUT2D eigenvalue weighted by molar-refractivity contribution is 5.40. The minimum atomic E-state index is 0.519. The molecule has 0 fully saturated rings. The second-order valence-corrected chi connectivity index (χ2v) is 9.35. The third-order valence-corrected chi connectivity index (χ3v) is 5.57. The summed E-state index contributed by atoms with van der Waals surface area (Å²) in [5, 5.41) is 11.2. The van der Waals surface area contributed by atoms with E-state index in [0.717, 1.165) is 11.4 Å². The van der Waals surface area contributed by atoms with Crippen LogP contribution >= 0.6 is 0 Å². The smallest absolute Gasteiger partial charge is 0.0697 e. The van der Waals surface area contributed by atoms with Gasteiger partial charge in [0.15, 0.2) is 0 Å². The van der Waals surface area contributed by atoms with Crippen LogP contribution < -0.4 is 5.73 Å². The van der Waals surface area contributed by atoms with Gasteiger partial charge in [0.05, 0.1) is 18.1 Å². The summed E-state index contributed by atoms with van der Waals surface area (Å²) < 4.78 is 1.75. The molecule has 0 radical (unpaired) electrons. The molecule has 0 aliphatic carbocycles. The van der Waals surface area contributed by atoms with Crippen LogP contribution in [0.5, 0.6) is 0 Å². The van der Waals surface area contributed by atoms with Crippen LogP contribution in [-0.2, 0) is 0 Å². The van der Waals surface area contributed by atoms with Crippen molar-refractivity contribution in [1.29, 1.82) is 0 Å². The fourth-order valence-corrected chi connectivity index (χ4v) is 3.22. The van der Waals surface area contributed by atoms with E-state index in [0.29, 0.717) is 23.4 Å². The number of hydrogen-bond acceptors (Lipinski definition) is 4. The molecule has 3 aromatic carbocycles. The molecule has 0 aliphatic rings. The number of nitrogens with zero attached hydrogens (tertiary/aromatic N) is 6. The molecule has 36 heavy (non-hydrogen) atoms. The standard InChI is InChI=1S/C11H13N3.C9H11N3.C9H13N/c1-9(2)10-3-5-11(6-4-10)14-8-7-12-13-14;1-7(2)8-3-5-9(6-4-8)11-12-10;1-7(2)8-3-5-9(10)6-4-8/h3-9H,1-2H3;3-7H,1-2H3;3-7H,10H2,1-2H3. The van der Waals surface area contributed by atoms with Gasteiger partial charge in [-0.05, 0) is 64.2 Å². The van der Waals surface area contributed by atoms with E-state index in [2.05, 4.69) is 98.3 Å². The van der Waals surface area contributed by atoms with E-state index < -0.39 is 0 Å². The molecule has 0 unspecified atom stereocenters. The molecule has 0 saturated heterocycles. The van der Waals surface area contributed by atoms with Crippen LogP contribution in [0.1, 0.15) is 76.0 Å². The summed E-state index contributed by atoms with van der Waals surface area (Å²) in [6.07, 6.45) is 3.51. The number of nitrogens with two attached hydrogens (primary N) is 1. The zero-order valence-corrected chi connectivity index (χ0v) is 22.1. The average Bonchev–Trinajstić information content (AvgIpc) is 3.41. The maximum atomic E-state index is 8.16. The first-order chi connectivity index (χ1) is 17.2. The summed E-state index contributed by atoms with van der Waals surface area (Å²) in [4.78, 5) is 2.71. The van der Waals surface area contributed by atoms with Crippen LogP contribution in [0, 0.1) is 0 Å². The lowest BCUT2D eigenvalue weighted by molar-refractivity contribution is 0.800. The first-order valence-corrected chi connectivity index (χ1v) is 12.2. The molecule has 7 nitrogen and oxygen atoms in total.